The van der Waals surface area contributed by atoms with Crippen molar-refractivity contribution in [3.05, 3.63) is 23.2 Å². The van der Waals surface area contributed by atoms with E-state index >= 15 is 0 Å². The Bertz CT molecular complexity index is 483. The fraction of sp³-hybridized carbons (Fsp3) is 0.533. The first kappa shape index (κ1) is 15.5. The van der Waals surface area contributed by atoms with Crippen LogP contribution in [0, 0.1) is 5.92 Å². The summed E-state index contributed by atoms with van der Waals surface area (Å²) in [6.45, 7) is 5.94. The first-order chi connectivity index (χ1) is 9.47. The molecular weight excluding hydrogens is 295 g/mol. The third kappa shape index (κ3) is 3.80. The van der Waals surface area contributed by atoms with Gasteiger partial charge in [0.15, 0.2) is 0 Å². The highest BCUT2D eigenvalue weighted by Crippen LogP contribution is 2.32. The van der Waals surface area contributed by atoms with E-state index in [9.17, 15) is 4.79 Å². The molecule has 2 rings (SSSR count). The number of alkyl halides is 1. The Morgan fingerprint density at radius 1 is 1.40 bits per heavy atom. The van der Waals surface area contributed by atoms with E-state index in [0.717, 1.165) is 30.4 Å². The van der Waals surface area contributed by atoms with Gasteiger partial charge in [0, 0.05) is 18.1 Å². The summed E-state index contributed by atoms with van der Waals surface area (Å²) in [6, 6.07) is 5.60. The van der Waals surface area contributed by atoms with Crippen molar-refractivity contribution in [2.24, 2.45) is 5.92 Å². The largest absolute Gasteiger partial charge is 0.370 e. The molecule has 1 saturated heterocycles. The lowest BCUT2D eigenvalue weighted by atomic mass is 9.98. The van der Waals surface area contributed by atoms with E-state index in [2.05, 4.69) is 17.1 Å². The van der Waals surface area contributed by atoms with Gasteiger partial charge in [-0.1, -0.05) is 18.5 Å². The Balaban J connectivity index is 2.21. The number of hydrogen-bond donors (Lipinski definition) is 1. The quantitative estimate of drug-likeness (QED) is 0.850. The molecule has 0 unspecified atom stereocenters. The van der Waals surface area contributed by atoms with Gasteiger partial charge in [-0.05, 0) is 43.9 Å². The number of nitrogens with one attached hydrogen (secondary N) is 1. The summed E-state index contributed by atoms with van der Waals surface area (Å²) in [5.41, 5.74) is 1.76. The Morgan fingerprint density at radius 2 is 2.05 bits per heavy atom. The molecule has 1 aromatic carbocycles. The predicted octanol–water partition coefficient (Wildman–Crippen LogP) is 4.14. The highest BCUT2D eigenvalue weighted by atomic mass is 35.5. The number of amides is 1. The summed E-state index contributed by atoms with van der Waals surface area (Å²) >= 11 is 11.9. The average molecular weight is 315 g/mol. The predicted molar refractivity (Wildman–Crippen MR) is 86.0 cm³/mol. The minimum Gasteiger partial charge on any atom is -0.370 e. The van der Waals surface area contributed by atoms with Crippen molar-refractivity contribution in [2.45, 2.75) is 32.1 Å². The van der Waals surface area contributed by atoms with E-state index in [0.29, 0.717) is 5.02 Å². The lowest BCUT2D eigenvalue weighted by Crippen LogP contribution is -2.33. The van der Waals surface area contributed by atoms with Crippen LogP contribution in [0.5, 0.6) is 0 Å². The second-order valence-corrected chi connectivity index (χ2v) is 6.53. The lowest BCUT2D eigenvalue weighted by Gasteiger charge is -2.33. The standard InChI is InChI=1S/C15H20Cl2N2O/c1-10-5-7-19(8-6-10)14-4-3-12(17)9-13(14)18-15(20)11(2)16/h3-4,9-11H,5-8H2,1-2H3,(H,18,20)/t11-/m1/s1. The molecule has 0 aromatic heterocycles. The number of hydrogen-bond acceptors (Lipinski definition) is 2. The van der Waals surface area contributed by atoms with Gasteiger partial charge in [0.05, 0.1) is 11.4 Å². The van der Waals surface area contributed by atoms with Gasteiger partial charge in [0.2, 0.25) is 5.91 Å². The van der Waals surface area contributed by atoms with Gasteiger partial charge in [-0.25, -0.2) is 0 Å². The molecule has 1 heterocycles. The maximum atomic E-state index is 11.8. The highest BCUT2D eigenvalue weighted by Gasteiger charge is 2.20. The summed E-state index contributed by atoms with van der Waals surface area (Å²) in [4.78, 5) is 14.1. The Labute approximate surface area is 130 Å². The summed E-state index contributed by atoms with van der Waals surface area (Å²) in [5.74, 6) is 0.556. The van der Waals surface area contributed by atoms with Crippen LogP contribution in [0.2, 0.25) is 5.02 Å². The SMILES string of the molecule is CC1CCN(c2ccc(Cl)cc2NC(=O)[C@@H](C)Cl)CC1. The van der Waals surface area contributed by atoms with E-state index in [1.807, 2.05) is 12.1 Å². The minimum absolute atomic E-state index is 0.208. The number of rotatable bonds is 3. The average Bonchev–Trinajstić information content (AvgIpc) is 2.40. The van der Waals surface area contributed by atoms with Crippen molar-refractivity contribution in [1.82, 2.24) is 0 Å². The smallest absolute Gasteiger partial charge is 0.242 e. The zero-order valence-corrected chi connectivity index (χ0v) is 13.3. The van der Waals surface area contributed by atoms with E-state index in [1.54, 1.807) is 13.0 Å². The minimum atomic E-state index is -0.566. The molecule has 110 valence electrons. The molecule has 1 N–H and O–H groups in total. The topological polar surface area (TPSA) is 32.3 Å². The fourth-order valence-corrected chi connectivity index (χ4v) is 2.59. The number of halogens is 2. The maximum absolute atomic E-state index is 11.8. The Hall–Kier alpha value is -0.930. The number of carbonyl (C=O) groups is 1. The monoisotopic (exact) mass is 314 g/mol. The van der Waals surface area contributed by atoms with Crippen LogP contribution in [-0.2, 0) is 4.79 Å². The second-order valence-electron chi connectivity index (χ2n) is 5.44. The number of carbonyl (C=O) groups excluding carboxylic acids is 1. The van der Waals surface area contributed by atoms with Crippen LogP contribution in [0.1, 0.15) is 26.7 Å². The van der Waals surface area contributed by atoms with Crippen LogP contribution in [-0.4, -0.2) is 24.4 Å². The Morgan fingerprint density at radius 3 is 2.65 bits per heavy atom. The fourth-order valence-electron chi connectivity index (χ4n) is 2.37. The van der Waals surface area contributed by atoms with E-state index in [4.69, 9.17) is 23.2 Å². The van der Waals surface area contributed by atoms with Crippen molar-refractivity contribution in [3.63, 3.8) is 0 Å². The lowest BCUT2D eigenvalue weighted by molar-refractivity contribution is -0.115. The molecule has 0 radical (unpaired) electrons. The van der Waals surface area contributed by atoms with Crippen LogP contribution in [0.15, 0.2) is 18.2 Å². The van der Waals surface area contributed by atoms with Gasteiger partial charge in [-0.15, -0.1) is 11.6 Å². The normalized spacial score (nSPS) is 17.9. The molecule has 1 fully saturated rings. The number of nitrogens with zero attached hydrogens (tertiary/aromatic N) is 1. The number of anilines is 2. The molecule has 1 atom stereocenters. The molecule has 0 bridgehead atoms. The molecule has 1 aromatic rings. The van der Waals surface area contributed by atoms with E-state index in [-0.39, 0.29) is 5.91 Å². The number of benzene rings is 1. The zero-order chi connectivity index (χ0) is 14.7. The molecule has 1 aliphatic rings. The van der Waals surface area contributed by atoms with Crippen molar-refractivity contribution >= 4 is 40.5 Å². The molecule has 1 aliphatic heterocycles. The third-order valence-electron chi connectivity index (χ3n) is 3.70. The number of piperidine rings is 1. The van der Waals surface area contributed by atoms with Crippen LogP contribution in [0.3, 0.4) is 0 Å². The van der Waals surface area contributed by atoms with Crippen molar-refractivity contribution < 1.29 is 4.79 Å². The summed E-state index contributed by atoms with van der Waals surface area (Å²) < 4.78 is 0. The zero-order valence-electron chi connectivity index (χ0n) is 11.8. The third-order valence-corrected chi connectivity index (χ3v) is 4.14. The first-order valence-corrected chi connectivity index (χ1v) is 7.78. The first-order valence-electron chi connectivity index (χ1n) is 6.97. The van der Waals surface area contributed by atoms with Gasteiger partial charge in [0.1, 0.15) is 5.38 Å². The van der Waals surface area contributed by atoms with Crippen molar-refractivity contribution in [3.8, 4) is 0 Å². The molecule has 5 heteroatoms. The maximum Gasteiger partial charge on any atom is 0.242 e. The van der Waals surface area contributed by atoms with Gasteiger partial charge in [0.25, 0.3) is 0 Å². The van der Waals surface area contributed by atoms with Gasteiger partial charge < -0.3 is 10.2 Å². The van der Waals surface area contributed by atoms with Crippen LogP contribution in [0.4, 0.5) is 11.4 Å². The molecule has 0 spiro atoms. The highest BCUT2D eigenvalue weighted by molar-refractivity contribution is 6.33. The van der Waals surface area contributed by atoms with Gasteiger partial charge in [-0.2, -0.15) is 0 Å². The molecular formula is C15H20Cl2N2O. The Kier molecular flexibility index (Phi) is 5.17. The summed E-state index contributed by atoms with van der Waals surface area (Å²) in [5, 5.41) is 2.90. The van der Waals surface area contributed by atoms with Gasteiger partial charge >= 0.3 is 0 Å². The molecule has 0 aliphatic carbocycles. The van der Waals surface area contributed by atoms with Crippen LogP contribution < -0.4 is 10.2 Å². The summed E-state index contributed by atoms with van der Waals surface area (Å²) in [7, 11) is 0. The molecule has 1 amide bonds. The van der Waals surface area contributed by atoms with Crippen molar-refractivity contribution in [2.75, 3.05) is 23.3 Å². The van der Waals surface area contributed by atoms with Crippen LogP contribution in [0.25, 0.3) is 0 Å². The van der Waals surface area contributed by atoms with Crippen molar-refractivity contribution in [1.29, 1.82) is 0 Å². The molecule has 0 saturated carbocycles. The molecule has 20 heavy (non-hydrogen) atoms. The summed E-state index contributed by atoms with van der Waals surface area (Å²) in [6.07, 6.45) is 2.34. The van der Waals surface area contributed by atoms with Crippen LogP contribution >= 0.6 is 23.2 Å². The molecule has 3 nitrogen and oxygen atoms in total. The van der Waals surface area contributed by atoms with E-state index in [1.165, 1.54) is 12.8 Å². The second kappa shape index (κ2) is 6.68. The van der Waals surface area contributed by atoms with Gasteiger partial charge in [-0.3, -0.25) is 4.79 Å². The van der Waals surface area contributed by atoms with E-state index < -0.39 is 5.38 Å².